The molecule has 0 radical (unpaired) electrons. The molecule has 0 heterocycles. The molecule has 0 aliphatic heterocycles. The fourth-order valence-corrected chi connectivity index (χ4v) is 2.43. The van der Waals surface area contributed by atoms with Gasteiger partial charge in [0.05, 0.1) is 0 Å². The third-order valence-electron chi connectivity index (χ3n) is 3.32. The maximum Gasteiger partial charge on any atom is 0.0494 e. The van der Waals surface area contributed by atoms with E-state index in [1.54, 1.807) is 7.11 Å². The Morgan fingerprint density at radius 1 is 0.706 bits per heavy atom. The molecule has 0 rings (SSSR count). The van der Waals surface area contributed by atoms with Crippen molar-refractivity contribution in [3.63, 3.8) is 0 Å². The van der Waals surface area contributed by atoms with Crippen molar-refractivity contribution >= 4 is 0 Å². The van der Waals surface area contributed by atoms with Crippen molar-refractivity contribution in [2.24, 2.45) is 23.7 Å². The van der Waals surface area contributed by atoms with Crippen LogP contribution in [0.4, 0.5) is 0 Å². The van der Waals surface area contributed by atoms with E-state index in [-0.39, 0.29) is 0 Å². The van der Waals surface area contributed by atoms with Crippen LogP contribution in [-0.4, -0.2) is 27.4 Å². The number of hydrogen-bond acceptors (Lipinski definition) is 2. The molecular weight excluding hydrogens is 212 g/mol. The molecule has 0 saturated carbocycles. The molecule has 17 heavy (non-hydrogen) atoms. The number of methoxy groups -OCH3 is 2. The first-order valence-electron chi connectivity index (χ1n) is 6.99. The molecule has 0 aliphatic rings. The summed E-state index contributed by atoms with van der Waals surface area (Å²) in [6.07, 6.45) is 3.78. The summed E-state index contributed by atoms with van der Waals surface area (Å²) in [7, 11) is 3.61. The third-order valence-corrected chi connectivity index (χ3v) is 3.32. The molecule has 104 valence electrons. The first-order chi connectivity index (χ1) is 8.01. The van der Waals surface area contributed by atoms with Gasteiger partial charge < -0.3 is 9.47 Å². The standard InChI is InChI=1S/C15H32O2/c1-12(2)7-8-14(10-16-5)15(11-17-6)9-13(3)4/h12-15H,7-11H2,1-6H3. The van der Waals surface area contributed by atoms with Crippen LogP contribution in [0.15, 0.2) is 0 Å². The minimum absolute atomic E-state index is 0.638. The van der Waals surface area contributed by atoms with Gasteiger partial charge in [0.2, 0.25) is 0 Å². The predicted molar refractivity (Wildman–Crippen MR) is 74.3 cm³/mol. The average molecular weight is 244 g/mol. The molecule has 0 aromatic carbocycles. The van der Waals surface area contributed by atoms with Crippen molar-refractivity contribution < 1.29 is 9.47 Å². The summed E-state index contributed by atoms with van der Waals surface area (Å²) < 4.78 is 10.8. The minimum atomic E-state index is 0.638. The Kier molecular flexibility index (Phi) is 9.85. The molecule has 0 amide bonds. The molecule has 2 heteroatoms. The van der Waals surface area contributed by atoms with Crippen molar-refractivity contribution in [3.8, 4) is 0 Å². The summed E-state index contributed by atoms with van der Waals surface area (Å²) in [5.41, 5.74) is 0. The highest BCUT2D eigenvalue weighted by Gasteiger charge is 2.22. The lowest BCUT2D eigenvalue weighted by Crippen LogP contribution is -2.25. The third kappa shape index (κ3) is 8.62. The van der Waals surface area contributed by atoms with Gasteiger partial charge in [-0.3, -0.25) is 0 Å². The molecule has 0 aromatic rings. The van der Waals surface area contributed by atoms with Crippen LogP contribution in [0.1, 0.15) is 47.0 Å². The van der Waals surface area contributed by atoms with E-state index in [1.165, 1.54) is 19.3 Å². The van der Waals surface area contributed by atoms with E-state index >= 15 is 0 Å². The minimum Gasteiger partial charge on any atom is -0.384 e. The number of hydrogen-bond donors (Lipinski definition) is 0. The van der Waals surface area contributed by atoms with Crippen LogP contribution in [0, 0.1) is 23.7 Å². The fraction of sp³-hybridized carbons (Fsp3) is 1.00. The molecule has 2 nitrogen and oxygen atoms in total. The second kappa shape index (κ2) is 9.90. The zero-order valence-electron chi connectivity index (χ0n) is 12.7. The Bertz CT molecular complexity index is 166. The molecule has 2 atom stereocenters. The van der Waals surface area contributed by atoms with Crippen molar-refractivity contribution in [1.82, 2.24) is 0 Å². The normalized spacial score (nSPS) is 15.5. The summed E-state index contributed by atoms with van der Waals surface area (Å²) in [5.74, 6) is 2.79. The van der Waals surface area contributed by atoms with E-state index in [0.29, 0.717) is 11.8 Å². The van der Waals surface area contributed by atoms with E-state index in [2.05, 4.69) is 27.7 Å². The van der Waals surface area contributed by atoms with Crippen LogP contribution in [0.3, 0.4) is 0 Å². The van der Waals surface area contributed by atoms with Crippen LogP contribution >= 0.6 is 0 Å². The van der Waals surface area contributed by atoms with Gasteiger partial charge in [0.1, 0.15) is 0 Å². The molecular formula is C15H32O2. The Hall–Kier alpha value is -0.0800. The largest absolute Gasteiger partial charge is 0.384 e. The second-order valence-corrected chi connectivity index (χ2v) is 6.03. The number of ether oxygens (including phenoxy) is 2. The molecule has 0 saturated heterocycles. The zero-order chi connectivity index (χ0) is 13.3. The lowest BCUT2D eigenvalue weighted by atomic mass is 9.82. The number of rotatable bonds is 10. The summed E-state index contributed by atoms with van der Waals surface area (Å²) in [6.45, 7) is 10.9. The first-order valence-corrected chi connectivity index (χ1v) is 6.99. The van der Waals surface area contributed by atoms with Crippen LogP contribution in [-0.2, 0) is 9.47 Å². The Morgan fingerprint density at radius 2 is 1.24 bits per heavy atom. The Morgan fingerprint density at radius 3 is 1.65 bits per heavy atom. The van der Waals surface area contributed by atoms with Gasteiger partial charge in [-0.1, -0.05) is 34.1 Å². The maximum atomic E-state index is 5.39. The highest BCUT2D eigenvalue weighted by molar-refractivity contribution is 4.72. The van der Waals surface area contributed by atoms with Gasteiger partial charge in [-0.15, -0.1) is 0 Å². The van der Waals surface area contributed by atoms with Gasteiger partial charge in [-0.05, 0) is 36.5 Å². The summed E-state index contributed by atoms with van der Waals surface area (Å²) in [6, 6.07) is 0. The van der Waals surface area contributed by atoms with Gasteiger partial charge in [0, 0.05) is 27.4 Å². The van der Waals surface area contributed by atoms with Crippen molar-refractivity contribution in [2.45, 2.75) is 47.0 Å². The molecule has 0 aliphatic carbocycles. The molecule has 0 spiro atoms. The van der Waals surface area contributed by atoms with Crippen molar-refractivity contribution in [1.29, 1.82) is 0 Å². The van der Waals surface area contributed by atoms with Crippen LogP contribution in [0.5, 0.6) is 0 Å². The first kappa shape index (κ1) is 16.9. The maximum absolute atomic E-state index is 5.39. The highest BCUT2D eigenvalue weighted by Crippen LogP contribution is 2.26. The van der Waals surface area contributed by atoms with E-state index in [1.807, 2.05) is 7.11 Å². The Balaban J connectivity index is 4.34. The summed E-state index contributed by atoms with van der Waals surface area (Å²) >= 11 is 0. The highest BCUT2D eigenvalue weighted by atomic mass is 16.5. The van der Waals surface area contributed by atoms with Crippen molar-refractivity contribution in [2.75, 3.05) is 27.4 Å². The van der Waals surface area contributed by atoms with Gasteiger partial charge in [0.25, 0.3) is 0 Å². The molecule has 0 fully saturated rings. The summed E-state index contributed by atoms with van der Waals surface area (Å²) in [4.78, 5) is 0. The topological polar surface area (TPSA) is 18.5 Å². The SMILES string of the molecule is COCC(CCC(C)C)C(COC)CC(C)C. The Labute approximate surface area is 108 Å². The van der Waals surface area contributed by atoms with Gasteiger partial charge in [0.15, 0.2) is 0 Å². The summed E-state index contributed by atoms with van der Waals surface area (Å²) in [5, 5.41) is 0. The van der Waals surface area contributed by atoms with E-state index < -0.39 is 0 Å². The van der Waals surface area contributed by atoms with Crippen LogP contribution in [0.25, 0.3) is 0 Å². The van der Waals surface area contributed by atoms with Crippen molar-refractivity contribution in [3.05, 3.63) is 0 Å². The van der Waals surface area contributed by atoms with E-state index in [4.69, 9.17) is 9.47 Å². The van der Waals surface area contributed by atoms with Crippen LogP contribution < -0.4 is 0 Å². The van der Waals surface area contributed by atoms with E-state index in [9.17, 15) is 0 Å². The molecule has 2 unspecified atom stereocenters. The average Bonchev–Trinajstić information content (AvgIpc) is 2.22. The van der Waals surface area contributed by atoms with Gasteiger partial charge in [-0.2, -0.15) is 0 Å². The van der Waals surface area contributed by atoms with E-state index in [0.717, 1.165) is 25.0 Å². The predicted octanol–water partition coefficient (Wildman–Crippen LogP) is 3.99. The van der Waals surface area contributed by atoms with Gasteiger partial charge >= 0.3 is 0 Å². The lowest BCUT2D eigenvalue weighted by Gasteiger charge is -2.28. The molecule has 0 bridgehead atoms. The smallest absolute Gasteiger partial charge is 0.0494 e. The molecule has 0 N–H and O–H groups in total. The molecule has 0 aromatic heterocycles. The monoisotopic (exact) mass is 244 g/mol. The quantitative estimate of drug-likeness (QED) is 0.578. The van der Waals surface area contributed by atoms with Crippen LogP contribution in [0.2, 0.25) is 0 Å². The second-order valence-electron chi connectivity index (χ2n) is 6.03. The van der Waals surface area contributed by atoms with Gasteiger partial charge in [-0.25, -0.2) is 0 Å². The fourth-order valence-electron chi connectivity index (χ4n) is 2.43. The zero-order valence-corrected chi connectivity index (χ0v) is 12.7. The lowest BCUT2D eigenvalue weighted by molar-refractivity contribution is 0.0537.